The zero-order valence-electron chi connectivity index (χ0n) is 12.2. The van der Waals surface area contributed by atoms with Gasteiger partial charge in [-0.05, 0) is 18.7 Å². The van der Waals surface area contributed by atoms with E-state index >= 15 is 0 Å². The molecular weight excluding hydrogens is 473 g/mol. The van der Waals surface area contributed by atoms with Crippen LogP contribution in [0.15, 0.2) is 54.3 Å². The van der Waals surface area contributed by atoms with Gasteiger partial charge in [0.05, 0.1) is 5.76 Å². The molecule has 0 saturated carbocycles. The zero-order valence-corrected chi connectivity index (χ0v) is 15.6. The third kappa shape index (κ3) is 6.19. The summed E-state index contributed by atoms with van der Waals surface area (Å²) in [6.45, 7) is 1.43. The standard InChI is InChI=1S/C17H17NO2P.Ir/c1-13(19)10-16(20)12-21-11-15-8-5-9-17(18-15)14-6-3-2-4-7-14;/h2-6,8-10,20-21H,11-12H2,1H3;/q-1;/b16-10-;. The number of hydrogen-bond acceptors (Lipinski definition) is 3. The molecule has 22 heavy (non-hydrogen) atoms. The molecule has 2 rings (SSSR count). The summed E-state index contributed by atoms with van der Waals surface area (Å²) in [5, 5.41) is 9.55. The first-order valence-corrected chi connectivity index (χ1v) is 8.10. The zero-order chi connectivity index (χ0) is 15.1. The first-order chi connectivity index (χ1) is 10.1. The Labute approximate surface area is 146 Å². The summed E-state index contributed by atoms with van der Waals surface area (Å²) < 4.78 is 0. The molecule has 0 bridgehead atoms. The number of aliphatic hydroxyl groups excluding tert-OH is 1. The van der Waals surface area contributed by atoms with Crippen molar-refractivity contribution in [3.05, 3.63) is 66.1 Å². The number of aromatic nitrogens is 1. The van der Waals surface area contributed by atoms with Gasteiger partial charge in [-0.15, -0.1) is 44.5 Å². The Bertz CT molecular complexity index is 644. The van der Waals surface area contributed by atoms with Gasteiger partial charge in [-0.1, -0.05) is 12.1 Å². The van der Waals surface area contributed by atoms with Crippen LogP contribution in [-0.2, 0) is 31.1 Å². The first-order valence-electron chi connectivity index (χ1n) is 6.69. The van der Waals surface area contributed by atoms with Gasteiger partial charge in [0, 0.05) is 44.2 Å². The Kier molecular flexibility index (Phi) is 8.19. The van der Waals surface area contributed by atoms with Crippen molar-refractivity contribution >= 4 is 14.4 Å². The van der Waals surface area contributed by atoms with Crippen LogP contribution in [-0.4, -0.2) is 22.0 Å². The quantitative estimate of drug-likeness (QED) is 0.291. The van der Waals surface area contributed by atoms with E-state index < -0.39 is 0 Å². The van der Waals surface area contributed by atoms with Crippen LogP contribution >= 0.6 is 8.58 Å². The molecule has 1 radical (unpaired) electrons. The van der Waals surface area contributed by atoms with Crippen molar-refractivity contribution in [2.45, 2.75) is 13.1 Å². The molecule has 5 heteroatoms. The van der Waals surface area contributed by atoms with Gasteiger partial charge in [-0.3, -0.25) is 4.79 Å². The van der Waals surface area contributed by atoms with Crippen LogP contribution in [0.2, 0.25) is 0 Å². The summed E-state index contributed by atoms with van der Waals surface area (Å²) in [6.07, 6.45) is 2.58. The molecular formula is C17H17IrNO2P-. The van der Waals surface area contributed by atoms with Crippen LogP contribution in [0.4, 0.5) is 0 Å². The molecule has 3 nitrogen and oxygen atoms in total. The molecule has 1 aromatic carbocycles. The molecule has 0 saturated heterocycles. The fourth-order valence-corrected chi connectivity index (χ4v) is 2.82. The summed E-state index contributed by atoms with van der Waals surface area (Å²) >= 11 is 0. The number of ketones is 1. The topological polar surface area (TPSA) is 50.2 Å². The van der Waals surface area contributed by atoms with Crippen molar-refractivity contribution in [1.29, 1.82) is 0 Å². The SMILES string of the molecule is CC(=O)/C=C(\O)CPCc1cccc(-c2[c-]cccc2)n1.[Ir]. The number of pyridine rings is 1. The molecule has 1 atom stereocenters. The molecule has 1 N–H and O–H groups in total. The maximum Gasteiger partial charge on any atom is 0.155 e. The van der Waals surface area contributed by atoms with Gasteiger partial charge in [0.2, 0.25) is 0 Å². The minimum absolute atomic E-state index is 0. The summed E-state index contributed by atoms with van der Waals surface area (Å²) in [5.74, 6) is 0.0189. The second-order valence-corrected chi connectivity index (χ2v) is 5.85. The van der Waals surface area contributed by atoms with E-state index in [9.17, 15) is 9.90 Å². The monoisotopic (exact) mass is 491 g/mol. The fourth-order valence-electron chi connectivity index (χ4n) is 1.89. The Hall–Kier alpha value is -1.34. The maximum atomic E-state index is 10.8. The van der Waals surface area contributed by atoms with Gasteiger partial charge < -0.3 is 10.1 Å². The predicted octanol–water partition coefficient (Wildman–Crippen LogP) is 3.76. The van der Waals surface area contributed by atoms with Crippen LogP contribution in [0.3, 0.4) is 0 Å². The molecule has 1 unspecified atom stereocenters. The van der Waals surface area contributed by atoms with Gasteiger partial charge in [0.15, 0.2) is 5.78 Å². The maximum absolute atomic E-state index is 10.8. The Morgan fingerprint density at radius 3 is 2.82 bits per heavy atom. The third-order valence-corrected chi connectivity index (χ3v) is 4.00. The molecule has 1 aromatic heterocycles. The minimum atomic E-state index is -0.128. The van der Waals surface area contributed by atoms with Crippen molar-refractivity contribution in [3.63, 3.8) is 0 Å². The number of allylic oxidation sites excluding steroid dienone is 2. The van der Waals surface area contributed by atoms with Gasteiger partial charge >= 0.3 is 0 Å². The number of benzene rings is 1. The van der Waals surface area contributed by atoms with Crippen molar-refractivity contribution < 1.29 is 30.0 Å². The molecule has 0 aliphatic heterocycles. The molecule has 2 aromatic rings. The van der Waals surface area contributed by atoms with Crippen LogP contribution < -0.4 is 0 Å². The normalized spacial score (nSPS) is 11.4. The van der Waals surface area contributed by atoms with E-state index in [2.05, 4.69) is 11.1 Å². The van der Waals surface area contributed by atoms with Crippen molar-refractivity contribution in [2.75, 3.05) is 6.16 Å². The van der Waals surface area contributed by atoms with E-state index in [1.165, 1.54) is 13.0 Å². The minimum Gasteiger partial charge on any atom is -0.512 e. The van der Waals surface area contributed by atoms with Gasteiger partial charge in [0.25, 0.3) is 0 Å². The van der Waals surface area contributed by atoms with Crippen molar-refractivity contribution in [3.8, 4) is 11.3 Å². The molecule has 117 valence electrons. The molecule has 0 spiro atoms. The fraction of sp³-hybridized carbons (Fsp3) is 0.176. The van der Waals surface area contributed by atoms with Crippen LogP contribution in [0, 0.1) is 6.07 Å². The summed E-state index contributed by atoms with van der Waals surface area (Å²) in [4.78, 5) is 15.4. The number of aliphatic hydroxyl groups is 1. The average molecular weight is 491 g/mol. The third-order valence-electron chi connectivity index (χ3n) is 2.77. The molecule has 0 aliphatic rings. The van der Waals surface area contributed by atoms with Crippen LogP contribution in [0.5, 0.6) is 0 Å². The molecule has 0 fully saturated rings. The Morgan fingerprint density at radius 1 is 1.32 bits per heavy atom. The summed E-state index contributed by atoms with van der Waals surface area (Å²) in [7, 11) is 0.500. The van der Waals surface area contributed by atoms with Crippen LogP contribution in [0.1, 0.15) is 12.6 Å². The molecule has 0 amide bonds. The first kappa shape index (κ1) is 18.7. The molecule has 0 aliphatic carbocycles. The summed E-state index contributed by atoms with van der Waals surface area (Å²) in [5.41, 5.74) is 2.86. The van der Waals surface area contributed by atoms with Gasteiger partial charge in [-0.2, -0.15) is 0 Å². The van der Waals surface area contributed by atoms with E-state index in [1.54, 1.807) is 0 Å². The van der Waals surface area contributed by atoms with E-state index in [0.717, 1.165) is 23.1 Å². The average Bonchev–Trinajstić information content (AvgIpc) is 2.48. The Balaban J connectivity index is 0.00000242. The largest absolute Gasteiger partial charge is 0.512 e. The van der Waals surface area contributed by atoms with Gasteiger partial charge in [0.1, 0.15) is 0 Å². The second-order valence-electron chi connectivity index (χ2n) is 4.64. The number of hydrogen-bond donors (Lipinski definition) is 1. The van der Waals surface area contributed by atoms with Gasteiger partial charge in [-0.25, -0.2) is 0 Å². The van der Waals surface area contributed by atoms with E-state index in [1.807, 2.05) is 42.5 Å². The molecule has 1 heterocycles. The van der Waals surface area contributed by atoms with E-state index in [0.29, 0.717) is 14.7 Å². The van der Waals surface area contributed by atoms with E-state index in [-0.39, 0.29) is 31.6 Å². The number of carbonyl (C=O) groups is 1. The summed E-state index contributed by atoms with van der Waals surface area (Å²) in [6, 6.07) is 16.8. The smallest absolute Gasteiger partial charge is 0.155 e. The van der Waals surface area contributed by atoms with E-state index in [4.69, 9.17) is 0 Å². The van der Waals surface area contributed by atoms with Crippen LogP contribution in [0.25, 0.3) is 11.3 Å². The Morgan fingerprint density at radius 2 is 2.14 bits per heavy atom. The number of rotatable bonds is 6. The number of carbonyl (C=O) groups excluding carboxylic acids is 1. The predicted molar refractivity (Wildman–Crippen MR) is 86.8 cm³/mol. The van der Waals surface area contributed by atoms with Crippen molar-refractivity contribution in [2.24, 2.45) is 0 Å². The van der Waals surface area contributed by atoms with Crippen molar-refractivity contribution in [1.82, 2.24) is 4.98 Å². The second kappa shape index (κ2) is 9.63. The number of nitrogens with zero attached hydrogens (tertiary/aromatic N) is 1.